The van der Waals surface area contributed by atoms with Crippen LogP contribution in [0.3, 0.4) is 0 Å². The lowest BCUT2D eigenvalue weighted by molar-refractivity contribution is -0.117. The molecular weight excluding hydrogens is 322 g/mol. The zero-order valence-electron chi connectivity index (χ0n) is 13.0. The summed E-state index contributed by atoms with van der Waals surface area (Å²) in [6, 6.07) is 15.2. The molecule has 0 unspecified atom stereocenters. The van der Waals surface area contributed by atoms with Gasteiger partial charge in [0.2, 0.25) is 0 Å². The van der Waals surface area contributed by atoms with Crippen molar-refractivity contribution in [1.29, 1.82) is 5.26 Å². The third-order valence-corrected chi connectivity index (χ3v) is 4.54. The van der Waals surface area contributed by atoms with Crippen molar-refractivity contribution in [3.63, 3.8) is 0 Å². The Morgan fingerprint density at radius 3 is 2.75 bits per heavy atom. The average molecular weight is 337 g/mol. The van der Waals surface area contributed by atoms with Crippen molar-refractivity contribution in [2.75, 3.05) is 4.90 Å². The molecule has 1 N–H and O–H groups in total. The highest BCUT2D eigenvalue weighted by molar-refractivity contribution is 8.06. The number of benzene rings is 1. The maximum Gasteiger partial charge on any atom is 0.265 e. The molecule has 0 aliphatic carbocycles. The molecule has 0 radical (unpaired) electrons. The number of anilines is 1. The van der Waals surface area contributed by atoms with E-state index in [4.69, 9.17) is 4.42 Å². The number of hydrogen-bond acceptors (Lipinski definition) is 5. The highest BCUT2D eigenvalue weighted by Crippen LogP contribution is 2.40. The Hall–Kier alpha value is -2.91. The number of nitrogens with zero attached hydrogens (tertiary/aromatic N) is 2. The molecule has 3 rings (SSSR count). The molecule has 1 aromatic heterocycles. The summed E-state index contributed by atoms with van der Waals surface area (Å²) in [5.41, 5.74) is 1.97. The number of allylic oxidation sites excluding steroid dienone is 1. The predicted octanol–water partition coefficient (Wildman–Crippen LogP) is 3.75. The highest BCUT2D eigenvalue weighted by atomic mass is 32.2. The number of para-hydroxylation sites is 1. The van der Waals surface area contributed by atoms with Gasteiger partial charge in [0.1, 0.15) is 22.4 Å². The SMILES string of the molecule is CC1=CS/C(=C(\C#N)C(=O)NCc2ccco2)N1c1ccccc1. The van der Waals surface area contributed by atoms with Gasteiger partial charge < -0.3 is 14.6 Å². The molecule has 24 heavy (non-hydrogen) atoms. The van der Waals surface area contributed by atoms with E-state index in [0.717, 1.165) is 11.4 Å². The van der Waals surface area contributed by atoms with Crippen LogP contribution in [-0.2, 0) is 11.3 Å². The van der Waals surface area contributed by atoms with Gasteiger partial charge in [-0.2, -0.15) is 5.26 Å². The van der Waals surface area contributed by atoms with Gasteiger partial charge in [0, 0.05) is 11.4 Å². The first-order chi connectivity index (χ1) is 11.7. The largest absolute Gasteiger partial charge is 0.467 e. The number of hydrogen-bond donors (Lipinski definition) is 1. The van der Waals surface area contributed by atoms with Gasteiger partial charge in [-0.15, -0.1) is 0 Å². The lowest BCUT2D eigenvalue weighted by Gasteiger charge is -2.22. The Labute approximate surface area is 144 Å². The lowest BCUT2D eigenvalue weighted by Crippen LogP contribution is -2.27. The van der Waals surface area contributed by atoms with Crippen LogP contribution >= 0.6 is 11.8 Å². The van der Waals surface area contributed by atoms with Crippen LogP contribution in [0.5, 0.6) is 0 Å². The molecule has 0 saturated heterocycles. The van der Waals surface area contributed by atoms with Crippen molar-refractivity contribution in [2.45, 2.75) is 13.5 Å². The van der Waals surface area contributed by atoms with Gasteiger partial charge in [-0.1, -0.05) is 30.0 Å². The van der Waals surface area contributed by atoms with Gasteiger partial charge in [0.15, 0.2) is 0 Å². The van der Waals surface area contributed by atoms with Gasteiger partial charge in [-0.25, -0.2) is 0 Å². The monoisotopic (exact) mass is 337 g/mol. The second kappa shape index (κ2) is 7.11. The van der Waals surface area contributed by atoms with E-state index in [9.17, 15) is 10.1 Å². The van der Waals surface area contributed by atoms with Crippen molar-refractivity contribution in [3.05, 3.63) is 76.2 Å². The van der Waals surface area contributed by atoms with E-state index in [2.05, 4.69) is 5.32 Å². The molecule has 1 amide bonds. The zero-order chi connectivity index (χ0) is 16.9. The van der Waals surface area contributed by atoms with Crippen LogP contribution in [0.25, 0.3) is 0 Å². The van der Waals surface area contributed by atoms with Gasteiger partial charge in [0.05, 0.1) is 12.8 Å². The summed E-state index contributed by atoms with van der Waals surface area (Å²) in [7, 11) is 0. The minimum atomic E-state index is -0.416. The van der Waals surface area contributed by atoms with E-state index in [-0.39, 0.29) is 12.1 Å². The summed E-state index contributed by atoms with van der Waals surface area (Å²) < 4.78 is 5.19. The number of thioether (sulfide) groups is 1. The maximum atomic E-state index is 12.4. The first kappa shape index (κ1) is 16.0. The van der Waals surface area contributed by atoms with E-state index in [1.54, 1.807) is 18.4 Å². The van der Waals surface area contributed by atoms with Gasteiger partial charge >= 0.3 is 0 Å². The fourth-order valence-corrected chi connectivity index (χ4v) is 3.34. The molecule has 2 heterocycles. The third kappa shape index (κ3) is 3.21. The number of nitriles is 1. The molecule has 0 bridgehead atoms. The average Bonchev–Trinajstić information content (AvgIpc) is 3.24. The molecule has 5 nitrogen and oxygen atoms in total. The second-order valence-electron chi connectivity index (χ2n) is 5.10. The van der Waals surface area contributed by atoms with E-state index < -0.39 is 5.91 Å². The van der Waals surface area contributed by atoms with E-state index in [1.165, 1.54) is 11.8 Å². The maximum absolute atomic E-state index is 12.4. The summed E-state index contributed by atoms with van der Waals surface area (Å²) in [5.74, 6) is 0.222. The van der Waals surface area contributed by atoms with Crippen LogP contribution in [0.1, 0.15) is 12.7 Å². The van der Waals surface area contributed by atoms with Crippen LogP contribution < -0.4 is 10.2 Å². The molecule has 120 valence electrons. The lowest BCUT2D eigenvalue weighted by atomic mass is 10.2. The summed E-state index contributed by atoms with van der Waals surface area (Å²) in [6.45, 7) is 2.19. The van der Waals surface area contributed by atoms with Crippen LogP contribution in [0.15, 0.2) is 74.9 Å². The minimum Gasteiger partial charge on any atom is -0.467 e. The number of carbonyl (C=O) groups is 1. The molecule has 6 heteroatoms. The zero-order valence-corrected chi connectivity index (χ0v) is 13.8. The Balaban J connectivity index is 1.86. The summed E-state index contributed by atoms with van der Waals surface area (Å²) in [4.78, 5) is 14.4. The minimum absolute atomic E-state index is 0.0866. The smallest absolute Gasteiger partial charge is 0.265 e. The first-order valence-corrected chi connectivity index (χ1v) is 8.22. The number of nitrogens with one attached hydrogen (secondary N) is 1. The molecule has 0 fully saturated rings. The summed E-state index contributed by atoms with van der Waals surface area (Å²) >= 11 is 1.37. The molecule has 0 spiro atoms. The van der Waals surface area contributed by atoms with Crippen LogP contribution in [0, 0.1) is 11.3 Å². The van der Waals surface area contributed by atoms with Crippen molar-refractivity contribution in [1.82, 2.24) is 5.32 Å². The Morgan fingerprint density at radius 1 is 1.29 bits per heavy atom. The second-order valence-corrected chi connectivity index (χ2v) is 5.96. The molecular formula is C18H15N3O2S. The Morgan fingerprint density at radius 2 is 2.08 bits per heavy atom. The Kier molecular flexibility index (Phi) is 4.73. The molecule has 1 aliphatic heterocycles. The summed E-state index contributed by atoms with van der Waals surface area (Å²) in [5, 5.41) is 14.8. The fraction of sp³-hybridized carbons (Fsp3) is 0.111. The van der Waals surface area contributed by atoms with Crippen LogP contribution in [0.4, 0.5) is 5.69 Å². The molecule has 1 aliphatic rings. The third-order valence-electron chi connectivity index (χ3n) is 3.47. The molecule has 0 saturated carbocycles. The number of amides is 1. The number of carbonyl (C=O) groups excluding carboxylic acids is 1. The van der Waals surface area contributed by atoms with Crippen LogP contribution in [0.2, 0.25) is 0 Å². The fourth-order valence-electron chi connectivity index (χ4n) is 2.34. The molecule has 1 aromatic carbocycles. The van der Waals surface area contributed by atoms with Crippen molar-refractivity contribution in [2.24, 2.45) is 0 Å². The number of rotatable bonds is 4. The van der Waals surface area contributed by atoms with E-state index in [1.807, 2.05) is 53.6 Å². The summed E-state index contributed by atoms with van der Waals surface area (Å²) in [6.07, 6.45) is 1.54. The molecule has 2 aromatic rings. The Bertz CT molecular complexity index is 833. The first-order valence-electron chi connectivity index (χ1n) is 7.34. The van der Waals surface area contributed by atoms with Gasteiger partial charge in [-0.3, -0.25) is 4.79 Å². The van der Waals surface area contributed by atoms with Gasteiger partial charge in [-0.05, 0) is 36.6 Å². The van der Waals surface area contributed by atoms with Crippen LogP contribution in [-0.4, -0.2) is 5.91 Å². The van der Waals surface area contributed by atoms with Gasteiger partial charge in [0.25, 0.3) is 5.91 Å². The van der Waals surface area contributed by atoms with E-state index >= 15 is 0 Å². The highest BCUT2D eigenvalue weighted by Gasteiger charge is 2.27. The topological polar surface area (TPSA) is 69.3 Å². The van der Waals surface area contributed by atoms with Crippen molar-refractivity contribution < 1.29 is 9.21 Å². The normalized spacial score (nSPS) is 15.7. The number of furan rings is 1. The quantitative estimate of drug-likeness (QED) is 0.680. The standard InChI is InChI=1S/C18H15N3O2S/c1-13-12-24-18(21(13)14-6-3-2-4-7-14)16(10-19)17(22)20-11-15-8-5-9-23-15/h2-9,12H,11H2,1H3,(H,20,22)/b18-16+. The predicted molar refractivity (Wildman–Crippen MR) is 93.5 cm³/mol. The van der Waals surface area contributed by atoms with Crippen molar-refractivity contribution in [3.8, 4) is 6.07 Å². The molecule has 0 atom stereocenters. The van der Waals surface area contributed by atoms with Crippen molar-refractivity contribution >= 4 is 23.4 Å². The van der Waals surface area contributed by atoms with E-state index in [0.29, 0.717) is 10.8 Å².